The molecule has 2 aromatic carbocycles. The molecule has 2 N–H and O–H groups in total. The van der Waals surface area contributed by atoms with Crippen LogP contribution in [0.4, 0.5) is 20.3 Å². The summed E-state index contributed by atoms with van der Waals surface area (Å²) in [4.78, 5) is 60.5. The number of hydrogen-bond acceptors (Lipinski definition) is 10. The van der Waals surface area contributed by atoms with E-state index >= 15 is 0 Å². The lowest BCUT2D eigenvalue weighted by atomic mass is 9.90. The maximum Gasteiger partial charge on any atom is 0.329 e. The molecule has 1 unspecified atom stereocenters. The zero-order valence-electron chi connectivity index (χ0n) is 34.3. The van der Waals surface area contributed by atoms with Gasteiger partial charge in [0, 0.05) is 32.8 Å². The van der Waals surface area contributed by atoms with Crippen LogP contribution in [0.3, 0.4) is 0 Å². The van der Waals surface area contributed by atoms with Gasteiger partial charge in [0.1, 0.15) is 17.4 Å². The molecule has 3 atom stereocenters. The number of anilines is 2. The normalized spacial score (nSPS) is 20.9. The number of amides is 3. The summed E-state index contributed by atoms with van der Waals surface area (Å²) in [7, 11) is 1.74. The van der Waals surface area contributed by atoms with Crippen LogP contribution in [0, 0.1) is 5.92 Å². The average molecular weight is 848 g/mol. The number of hydrogen-bond donors (Lipinski definition) is 2. The van der Waals surface area contributed by atoms with Crippen molar-refractivity contribution >= 4 is 45.9 Å². The quantitative estimate of drug-likeness (QED) is 0.161. The fraction of sp³-hybridized carbons (Fsp3) is 0.432. The van der Waals surface area contributed by atoms with Crippen molar-refractivity contribution in [2.24, 2.45) is 13.0 Å². The van der Waals surface area contributed by atoms with E-state index in [9.17, 15) is 28.0 Å². The minimum atomic E-state index is -2.92. The number of piperidine rings is 2. The number of imidazole rings is 1. The molecule has 4 fully saturated rings. The summed E-state index contributed by atoms with van der Waals surface area (Å²) in [6.45, 7) is 4.04. The molecule has 4 aliphatic rings. The predicted octanol–water partition coefficient (Wildman–Crippen LogP) is 4.95. The second-order valence-electron chi connectivity index (χ2n) is 17.0. The van der Waals surface area contributed by atoms with Crippen LogP contribution in [-0.4, -0.2) is 94.5 Å². The third kappa shape index (κ3) is 7.44. The minimum absolute atomic E-state index is 0.0898. The number of alkyl halides is 2. The highest BCUT2D eigenvalue weighted by Gasteiger charge is 2.40. The SMILES string of the molecule is Cn1c(=O)n(C2CCC(=O)NC2=O)c2cccc(CCCC3CCN(Cc4ccc(-n5cc(NC(=O)c6cnn7ccc(N8C[C@H]9C[C@@H]8CO9)nc67)c(C(F)F)n5)cc4)CC3)c21. The summed E-state index contributed by atoms with van der Waals surface area (Å²) in [6, 6.07) is 14.9. The Balaban J connectivity index is 0.735. The molecule has 10 rings (SSSR count). The molecule has 3 amide bonds. The number of para-hydroxylation sites is 1. The fourth-order valence-electron chi connectivity index (χ4n) is 9.80. The number of carbonyl (C=O) groups excluding carboxylic acids is 3. The van der Waals surface area contributed by atoms with E-state index in [1.54, 1.807) is 17.8 Å². The molecular formula is C44H47F2N11O5. The molecule has 0 saturated carbocycles. The Kier molecular flexibility index (Phi) is 10.4. The number of likely N-dealkylation sites (tertiary alicyclic amines) is 1. The molecule has 4 saturated heterocycles. The number of fused-ring (bicyclic) bond motifs is 4. The monoisotopic (exact) mass is 847 g/mol. The van der Waals surface area contributed by atoms with Gasteiger partial charge in [-0.1, -0.05) is 30.7 Å². The lowest BCUT2D eigenvalue weighted by Gasteiger charge is -2.32. The van der Waals surface area contributed by atoms with E-state index in [4.69, 9.17) is 9.72 Å². The number of aryl methyl sites for hydroxylation is 2. The number of imide groups is 1. The predicted molar refractivity (Wildman–Crippen MR) is 224 cm³/mol. The summed E-state index contributed by atoms with van der Waals surface area (Å²) in [5.41, 5.74) is 3.93. The molecular weight excluding hydrogens is 801 g/mol. The largest absolute Gasteiger partial charge is 0.374 e. The van der Waals surface area contributed by atoms with E-state index in [1.165, 1.54) is 26.2 Å². The molecule has 322 valence electrons. The summed E-state index contributed by atoms with van der Waals surface area (Å²) in [5.74, 6) is -0.0498. The van der Waals surface area contributed by atoms with Gasteiger partial charge in [-0.2, -0.15) is 10.2 Å². The molecule has 18 heteroatoms. The molecule has 0 aliphatic carbocycles. The van der Waals surface area contributed by atoms with Gasteiger partial charge < -0.3 is 15.0 Å². The third-order valence-corrected chi connectivity index (χ3v) is 13.1. The van der Waals surface area contributed by atoms with Crippen molar-refractivity contribution in [3.8, 4) is 5.69 Å². The van der Waals surface area contributed by atoms with Gasteiger partial charge in [-0.3, -0.25) is 33.7 Å². The number of halogens is 2. The van der Waals surface area contributed by atoms with Gasteiger partial charge in [0.2, 0.25) is 11.8 Å². The van der Waals surface area contributed by atoms with Crippen LogP contribution in [0.5, 0.6) is 0 Å². The number of nitrogens with one attached hydrogen (secondary N) is 2. The second kappa shape index (κ2) is 16.2. The minimum Gasteiger partial charge on any atom is -0.374 e. The Morgan fingerprint density at radius 2 is 1.87 bits per heavy atom. The first-order valence-corrected chi connectivity index (χ1v) is 21.3. The van der Waals surface area contributed by atoms with Crippen LogP contribution in [0.25, 0.3) is 22.4 Å². The zero-order valence-corrected chi connectivity index (χ0v) is 34.3. The fourth-order valence-corrected chi connectivity index (χ4v) is 9.80. The van der Waals surface area contributed by atoms with Crippen molar-refractivity contribution in [1.29, 1.82) is 0 Å². The van der Waals surface area contributed by atoms with Crippen LogP contribution in [-0.2, 0) is 34.3 Å². The molecule has 62 heavy (non-hydrogen) atoms. The maximum absolute atomic E-state index is 14.3. The van der Waals surface area contributed by atoms with Crippen LogP contribution in [0.1, 0.15) is 84.6 Å². The second-order valence-corrected chi connectivity index (χ2v) is 17.0. The highest BCUT2D eigenvalue weighted by Crippen LogP contribution is 2.33. The molecule has 4 aliphatic heterocycles. The standard InChI is InChI=1S/C44H47F2N11O5/c1-52-39-28(6-3-7-34(39)57(44(52)61)35-12-13-37(58)50-43(35)60)5-2-4-26-14-17-53(18-15-26)22-27-8-10-29(11-9-27)56-24-33(38(51-56)40(45)46)48-42(59)32-21-47-55-19-16-36(49-41(32)55)54-23-31-20-30(54)25-62-31/h3,6-11,16,19,21,24,26,30-31,35,40H,2,4-5,12-15,17-18,20,22-23,25H2,1H3,(H,48,59)(H,50,58,60)/t30-,31-,35?/m1/s1. The Morgan fingerprint density at radius 1 is 1.05 bits per heavy atom. The molecule has 0 spiro atoms. The van der Waals surface area contributed by atoms with Crippen molar-refractivity contribution in [3.63, 3.8) is 0 Å². The van der Waals surface area contributed by atoms with Gasteiger partial charge in [0.05, 0.1) is 53.6 Å². The first-order chi connectivity index (χ1) is 30.1. The zero-order chi connectivity index (χ0) is 42.6. The molecule has 0 radical (unpaired) electrons. The maximum atomic E-state index is 14.3. The summed E-state index contributed by atoms with van der Waals surface area (Å²) < 4.78 is 40.2. The topological polar surface area (TPSA) is 166 Å². The molecule has 4 aromatic heterocycles. The molecule has 8 heterocycles. The lowest BCUT2D eigenvalue weighted by Crippen LogP contribution is -2.44. The van der Waals surface area contributed by atoms with Gasteiger partial charge in [-0.15, -0.1) is 0 Å². The van der Waals surface area contributed by atoms with Crippen molar-refractivity contribution < 1.29 is 27.9 Å². The number of morpholine rings is 1. The van der Waals surface area contributed by atoms with Gasteiger partial charge in [-0.25, -0.2) is 27.8 Å². The number of ether oxygens (including phenoxy) is 1. The van der Waals surface area contributed by atoms with E-state index in [-0.39, 0.29) is 41.4 Å². The van der Waals surface area contributed by atoms with Gasteiger partial charge in [0.25, 0.3) is 12.3 Å². The third-order valence-electron chi connectivity index (χ3n) is 13.1. The number of benzene rings is 2. The number of rotatable bonds is 12. The van der Waals surface area contributed by atoms with Crippen molar-refractivity contribution in [1.82, 2.24) is 43.7 Å². The van der Waals surface area contributed by atoms with E-state index < -0.39 is 30.0 Å². The first kappa shape index (κ1) is 39.8. The van der Waals surface area contributed by atoms with E-state index in [1.807, 2.05) is 42.5 Å². The van der Waals surface area contributed by atoms with Gasteiger partial charge in [0.15, 0.2) is 11.3 Å². The summed E-state index contributed by atoms with van der Waals surface area (Å²) >= 11 is 0. The highest BCUT2D eigenvalue weighted by molar-refractivity contribution is 6.08. The summed E-state index contributed by atoms with van der Waals surface area (Å²) in [5, 5.41) is 13.4. The first-order valence-electron chi connectivity index (χ1n) is 21.3. The van der Waals surface area contributed by atoms with Crippen LogP contribution >= 0.6 is 0 Å². The average Bonchev–Trinajstić information content (AvgIpc) is 4.12. The van der Waals surface area contributed by atoms with E-state index in [0.29, 0.717) is 36.1 Å². The smallest absolute Gasteiger partial charge is 0.329 e. The highest BCUT2D eigenvalue weighted by atomic mass is 19.3. The van der Waals surface area contributed by atoms with Crippen molar-refractivity contribution in [2.45, 2.75) is 82.5 Å². The van der Waals surface area contributed by atoms with E-state index in [2.05, 4.69) is 36.7 Å². The number of nitrogens with zero attached hydrogens (tertiary/aromatic N) is 9. The number of aromatic nitrogens is 7. The van der Waals surface area contributed by atoms with E-state index in [0.717, 1.165) is 86.9 Å². The van der Waals surface area contributed by atoms with Crippen LogP contribution in [0.2, 0.25) is 0 Å². The van der Waals surface area contributed by atoms with Crippen LogP contribution in [0.15, 0.2) is 71.9 Å². The van der Waals surface area contributed by atoms with Gasteiger partial charge in [-0.05, 0) is 92.9 Å². The Labute approximate surface area is 354 Å². The van der Waals surface area contributed by atoms with Crippen LogP contribution < -0.4 is 21.2 Å². The van der Waals surface area contributed by atoms with Gasteiger partial charge >= 0.3 is 5.69 Å². The van der Waals surface area contributed by atoms with Crippen molar-refractivity contribution in [2.75, 3.05) is 36.5 Å². The number of carbonyl (C=O) groups is 3. The Bertz CT molecular complexity index is 2750. The summed E-state index contributed by atoms with van der Waals surface area (Å²) in [6.07, 6.45) is 8.24. The van der Waals surface area contributed by atoms with Crippen molar-refractivity contribution in [3.05, 3.63) is 100.0 Å². The Hall–Kier alpha value is -6.27. The Morgan fingerprint density at radius 3 is 2.61 bits per heavy atom. The molecule has 16 nitrogen and oxygen atoms in total. The molecule has 2 bridgehead atoms. The lowest BCUT2D eigenvalue weighted by molar-refractivity contribution is -0.135. The molecule has 6 aromatic rings.